The van der Waals surface area contributed by atoms with E-state index in [2.05, 4.69) is 29.3 Å². The van der Waals surface area contributed by atoms with E-state index in [4.69, 9.17) is 4.42 Å². The quantitative estimate of drug-likeness (QED) is 0.740. The predicted octanol–water partition coefficient (Wildman–Crippen LogP) is 3.42. The number of nitrogens with one attached hydrogen (secondary N) is 1. The molecule has 1 aliphatic heterocycles. The van der Waals surface area contributed by atoms with E-state index in [1.165, 1.54) is 24.0 Å². The molecule has 1 fully saturated rings. The lowest BCUT2D eigenvalue weighted by Crippen LogP contribution is -2.34. The smallest absolute Gasteiger partial charge is 0.268 e. The maximum absolute atomic E-state index is 12.8. The van der Waals surface area contributed by atoms with Crippen molar-refractivity contribution in [3.05, 3.63) is 59.5 Å². The van der Waals surface area contributed by atoms with Crippen LogP contribution in [0, 0.1) is 6.92 Å². The molecule has 5 nitrogen and oxygen atoms in total. The summed E-state index contributed by atoms with van der Waals surface area (Å²) in [6, 6.07) is 12.0. The maximum atomic E-state index is 12.8. The number of likely N-dealkylation sites (tertiary alicyclic amines) is 1. The zero-order valence-electron chi connectivity index (χ0n) is 15.2. The summed E-state index contributed by atoms with van der Waals surface area (Å²) in [5, 5.41) is 3.07. The number of rotatable bonds is 6. The lowest BCUT2D eigenvalue weighted by Gasteiger charge is -2.16. The molecule has 0 atom stereocenters. The minimum atomic E-state index is -0.0378. The molecule has 4 rings (SSSR count). The van der Waals surface area contributed by atoms with Gasteiger partial charge in [0.2, 0.25) is 0 Å². The molecular weight excluding hydrogens is 326 g/mol. The Balaban J connectivity index is 1.53. The Bertz CT molecular complexity index is 903. The number of hydrogen-bond donors (Lipinski definition) is 1. The molecule has 1 saturated heterocycles. The highest BCUT2D eigenvalue weighted by atomic mass is 16.3. The predicted molar refractivity (Wildman–Crippen MR) is 102 cm³/mol. The fraction of sp³-hybridized carbons (Fsp3) is 0.381. The highest BCUT2D eigenvalue weighted by molar-refractivity contribution is 5.97. The molecule has 1 aromatic carbocycles. The van der Waals surface area contributed by atoms with Crippen molar-refractivity contribution in [1.82, 2.24) is 14.8 Å². The molecule has 0 saturated carbocycles. The van der Waals surface area contributed by atoms with Crippen LogP contribution in [-0.2, 0) is 6.54 Å². The minimum absolute atomic E-state index is 0.0378. The molecule has 1 N–H and O–H groups in total. The van der Waals surface area contributed by atoms with Gasteiger partial charge in [0.1, 0.15) is 5.69 Å². The van der Waals surface area contributed by atoms with Crippen LogP contribution in [0.3, 0.4) is 0 Å². The molecular formula is C21H25N3O2. The Hall–Kier alpha value is -2.53. The summed E-state index contributed by atoms with van der Waals surface area (Å²) in [7, 11) is 0. The van der Waals surface area contributed by atoms with Crippen LogP contribution in [0.2, 0.25) is 0 Å². The average Bonchev–Trinajstić information content (AvgIpc) is 3.35. The van der Waals surface area contributed by atoms with Crippen molar-refractivity contribution in [3.8, 4) is 0 Å². The number of nitrogens with zero attached hydrogens (tertiary/aromatic N) is 2. The van der Waals surface area contributed by atoms with E-state index >= 15 is 0 Å². The van der Waals surface area contributed by atoms with Gasteiger partial charge in [-0.05, 0) is 44.0 Å². The van der Waals surface area contributed by atoms with Gasteiger partial charge in [-0.3, -0.25) is 4.79 Å². The molecule has 0 unspecified atom stereocenters. The molecule has 0 spiro atoms. The topological polar surface area (TPSA) is 50.4 Å². The van der Waals surface area contributed by atoms with Crippen LogP contribution in [0.5, 0.6) is 0 Å². The van der Waals surface area contributed by atoms with E-state index in [9.17, 15) is 4.79 Å². The Morgan fingerprint density at radius 3 is 2.81 bits per heavy atom. The van der Waals surface area contributed by atoms with Gasteiger partial charge in [-0.15, -0.1) is 0 Å². The molecule has 0 bridgehead atoms. The molecule has 0 aliphatic carbocycles. The van der Waals surface area contributed by atoms with Crippen LogP contribution in [0.15, 0.2) is 47.1 Å². The number of hydrogen-bond acceptors (Lipinski definition) is 3. The summed E-state index contributed by atoms with van der Waals surface area (Å²) in [5.41, 5.74) is 4.79. The molecule has 1 amide bonds. The molecule has 136 valence electrons. The van der Waals surface area contributed by atoms with Crippen LogP contribution in [0.4, 0.5) is 0 Å². The van der Waals surface area contributed by atoms with Crippen molar-refractivity contribution in [1.29, 1.82) is 0 Å². The van der Waals surface area contributed by atoms with E-state index in [1.54, 1.807) is 6.26 Å². The summed E-state index contributed by atoms with van der Waals surface area (Å²) < 4.78 is 7.58. The van der Waals surface area contributed by atoms with Gasteiger partial charge in [-0.25, -0.2) is 0 Å². The van der Waals surface area contributed by atoms with Crippen molar-refractivity contribution in [2.45, 2.75) is 26.3 Å². The van der Waals surface area contributed by atoms with Crippen LogP contribution < -0.4 is 5.32 Å². The first-order valence-corrected chi connectivity index (χ1v) is 9.34. The first-order chi connectivity index (χ1) is 12.7. The molecule has 1 aliphatic rings. The Morgan fingerprint density at radius 2 is 2.00 bits per heavy atom. The van der Waals surface area contributed by atoms with E-state index in [0.717, 1.165) is 30.7 Å². The Kier molecular flexibility index (Phi) is 4.80. The first kappa shape index (κ1) is 16.9. The standard InChI is InChI=1S/C21H25N3O2/c1-16-6-2-3-7-17(16)15-24-18-8-13-26-20(18)14-19(24)21(25)22-9-12-23-10-4-5-11-23/h2-3,6-8,13-14H,4-5,9-12,15H2,1H3,(H,22,25). The average molecular weight is 351 g/mol. The van der Waals surface area contributed by atoms with E-state index in [-0.39, 0.29) is 5.91 Å². The second-order valence-electron chi connectivity index (χ2n) is 7.02. The highest BCUT2D eigenvalue weighted by Gasteiger charge is 2.18. The SMILES string of the molecule is Cc1ccccc1Cn1c(C(=O)NCCN2CCCC2)cc2occc21. The second-order valence-corrected chi connectivity index (χ2v) is 7.02. The van der Waals surface area contributed by atoms with Crippen LogP contribution in [0.1, 0.15) is 34.5 Å². The molecule has 5 heteroatoms. The van der Waals surface area contributed by atoms with Gasteiger partial charge in [-0.1, -0.05) is 24.3 Å². The second kappa shape index (κ2) is 7.38. The van der Waals surface area contributed by atoms with Crippen molar-refractivity contribution in [2.24, 2.45) is 0 Å². The molecule has 0 radical (unpaired) electrons. The van der Waals surface area contributed by atoms with E-state index in [0.29, 0.717) is 18.8 Å². The summed E-state index contributed by atoms with van der Waals surface area (Å²) >= 11 is 0. The lowest BCUT2D eigenvalue weighted by molar-refractivity contribution is 0.0941. The van der Waals surface area contributed by atoms with Crippen molar-refractivity contribution >= 4 is 17.0 Å². The highest BCUT2D eigenvalue weighted by Crippen LogP contribution is 2.23. The normalized spacial score (nSPS) is 15.0. The Morgan fingerprint density at radius 1 is 1.19 bits per heavy atom. The summed E-state index contributed by atoms with van der Waals surface area (Å²) in [6.07, 6.45) is 4.21. The van der Waals surface area contributed by atoms with Gasteiger partial charge in [-0.2, -0.15) is 0 Å². The number of furan rings is 1. The molecule has 3 aromatic rings. The molecule has 26 heavy (non-hydrogen) atoms. The number of amides is 1. The first-order valence-electron chi connectivity index (χ1n) is 9.34. The third-order valence-corrected chi connectivity index (χ3v) is 5.26. The van der Waals surface area contributed by atoms with Crippen molar-refractivity contribution in [3.63, 3.8) is 0 Å². The molecule has 2 aromatic heterocycles. The lowest BCUT2D eigenvalue weighted by atomic mass is 10.1. The van der Waals surface area contributed by atoms with E-state index in [1.807, 2.05) is 28.8 Å². The largest absolute Gasteiger partial charge is 0.463 e. The Labute approximate surface area is 153 Å². The number of aromatic nitrogens is 1. The van der Waals surface area contributed by atoms with Gasteiger partial charge in [0.15, 0.2) is 5.58 Å². The van der Waals surface area contributed by atoms with Crippen molar-refractivity contribution < 1.29 is 9.21 Å². The monoisotopic (exact) mass is 351 g/mol. The number of fused-ring (bicyclic) bond motifs is 1. The number of carbonyl (C=O) groups excluding carboxylic acids is 1. The van der Waals surface area contributed by atoms with Gasteiger partial charge in [0, 0.05) is 31.8 Å². The van der Waals surface area contributed by atoms with Gasteiger partial charge in [0.25, 0.3) is 5.91 Å². The zero-order valence-corrected chi connectivity index (χ0v) is 15.2. The maximum Gasteiger partial charge on any atom is 0.268 e. The number of carbonyl (C=O) groups is 1. The van der Waals surface area contributed by atoms with E-state index < -0.39 is 0 Å². The van der Waals surface area contributed by atoms with Crippen LogP contribution >= 0.6 is 0 Å². The van der Waals surface area contributed by atoms with Crippen LogP contribution in [-0.4, -0.2) is 41.6 Å². The summed E-state index contributed by atoms with van der Waals surface area (Å²) in [4.78, 5) is 15.2. The van der Waals surface area contributed by atoms with Gasteiger partial charge < -0.3 is 19.2 Å². The third kappa shape index (κ3) is 3.40. The fourth-order valence-corrected chi connectivity index (χ4v) is 3.72. The third-order valence-electron chi connectivity index (χ3n) is 5.26. The fourth-order valence-electron chi connectivity index (χ4n) is 3.72. The number of benzene rings is 1. The summed E-state index contributed by atoms with van der Waals surface area (Å²) in [6.45, 7) is 6.64. The van der Waals surface area contributed by atoms with Crippen LogP contribution in [0.25, 0.3) is 11.1 Å². The van der Waals surface area contributed by atoms with Gasteiger partial charge >= 0.3 is 0 Å². The number of aryl methyl sites for hydroxylation is 1. The van der Waals surface area contributed by atoms with Gasteiger partial charge in [0.05, 0.1) is 11.8 Å². The molecule has 3 heterocycles. The minimum Gasteiger partial charge on any atom is -0.463 e. The van der Waals surface area contributed by atoms with Crippen molar-refractivity contribution in [2.75, 3.05) is 26.2 Å². The summed E-state index contributed by atoms with van der Waals surface area (Å²) in [5.74, 6) is -0.0378. The zero-order chi connectivity index (χ0) is 17.9.